The minimum atomic E-state index is 0.171. The van der Waals surface area contributed by atoms with Crippen LogP contribution in [0, 0.1) is 0 Å². The minimum Gasteiger partial charge on any atom is -0.396 e. The monoisotopic (exact) mass is 261 g/mol. The van der Waals surface area contributed by atoms with Crippen LogP contribution < -0.4 is 5.32 Å². The lowest BCUT2D eigenvalue weighted by Gasteiger charge is -2.15. The van der Waals surface area contributed by atoms with Gasteiger partial charge in [-0.1, -0.05) is 23.2 Å². The largest absolute Gasteiger partial charge is 0.396 e. The second-order valence-corrected chi connectivity index (χ2v) is 4.62. The van der Waals surface area contributed by atoms with Gasteiger partial charge in [-0.05, 0) is 50.1 Å². The molecule has 1 aromatic carbocycles. The van der Waals surface area contributed by atoms with Gasteiger partial charge in [-0.3, -0.25) is 0 Å². The van der Waals surface area contributed by atoms with Gasteiger partial charge in [0.05, 0.1) is 0 Å². The van der Waals surface area contributed by atoms with Crippen LogP contribution in [0.2, 0.25) is 10.0 Å². The summed E-state index contributed by atoms with van der Waals surface area (Å²) in [6.45, 7) is 3.16. The Morgan fingerprint density at radius 1 is 1.31 bits per heavy atom. The molecule has 0 bridgehead atoms. The van der Waals surface area contributed by atoms with Crippen LogP contribution in [0.3, 0.4) is 0 Å². The molecule has 0 amide bonds. The summed E-state index contributed by atoms with van der Waals surface area (Å²) in [6, 6.07) is 5.65. The van der Waals surface area contributed by atoms with Gasteiger partial charge < -0.3 is 10.4 Å². The van der Waals surface area contributed by atoms with E-state index in [9.17, 15) is 0 Å². The average molecular weight is 262 g/mol. The summed E-state index contributed by atoms with van der Waals surface area (Å²) < 4.78 is 0. The topological polar surface area (TPSA) is 32.3 Å². The molecule has 16 heavy (non-hydrogen) atoms. The summed E-state index contributed by atoms with van der Waals surface area (Å²) >= 11 is 12.0. The second kappa shape index (κ2) is 7.13. The summed E-state index contributed by atoms with van der Waals surface area (Å²) in [6.07, 6.45) is 1.78. The van der Waals surface area contributed by atoms with Crippen LogP contribution in [0.15, 0.2) is 18.2 Å². The summed E-state index contributed by atoms with van der Waals surface area (Å²) in [7, 11) is 0. The van der Waals surface area contributed by atoms with Gasteiger partial charge in [-0.25, -0.2) is 0 Å². The fourth-order valence-electron chi connectivity index (χ4n) is 1.51. The number of aliphatic hydroxyl groups is 1. The van der Waals surface area contributed by atoms with Crippen molar-refractivity contribution < 1.29 is 5.11 Å². The van der Waals surface area contributed by atoms with Gasteiger partial charge in [0.15, 0.2) is 0 Å². The molecule has 0 saturated heterocycles. The molecule has 2 N–H and O–H groups in total. The van der Waals surface area contributed by atoms with Crippen molar-refractivity contribution in [3.63, 3.8) is 0 Å². The third-order valence-electron chi connectivity index (χ3n) is 2.46. The minimum absolute atomic E-state index is 0.171. The Morgan fingerprint density at radius 3 is 2.75 bits per heavy atom. The fraction of sp³-hybridized carbons (Fsp3) is 0.500. The van der Waals surface area contributed by atoms with E-state index in [0.717, 1.165) is 30.0 Å². The third kappa shape index (κ3) is 4.30. The van der Waals surface area contributed by atoms with Crippen molar-refractivity contribution in [1.82, 2.24) is 5.32 Å². The Kier molecular flexibility index (Phi) is 6.14. The van der Waals surface area contributed by atoms with E-state index in [4.69, 9.17) is 28.3 Å². The lowest BCUT2D eigenvalue weighted by atomic mass is 10.1. The second-order valence-electron chi connectivity index (χ2n) is 3.77. The van der Waals surface area contributed by atoms with Gasteiger partial charge in [-0.2, -0.15) is 0 Å². The van der Waals surface area contributed by atoms with Gasteiger partial charge in [0.25, 0.3) is 0 Å². The number of rotatable bonds is 6. The van der Waals surface area contributed by atoms with Gasteiger partial charge in [0.1, 0.15) is 0 Å². The van der Waals surface area contributed by atoms with E-state index < -0.39 is 0 Å². The standard InChI is InChI=1S/C12H17Cl2NO/c1-9(15-6-2-3-7-16)11-8-10(13)4-5-12(11)14/h4-5,8-9,15-16H,2-3,6-7H2,1H3. The maximum Gasteiger partial charge on any atom is 0.0454 e. The Labute approximate surface area is 107 Å². The number of aliphatic hydroxyl groups excluding tert-OH is 1. The highest BCUT2D eigenvalue weighted by atomic mass is 35.5. The van der Waals surface area contributed by atoms with Gasteiger partial charge in [0.2, 0.25) is 0 Å². The Morgan fingerprint density at radius 2 is 2.06 bits per heavy atom. The predicted molar refractivity (Wildman–Crippen MR) is 69.2 cm³/mol. The normalized spacial score (nSPS) is 12.8. The molecule has 0 fully saturated rings. The van der Waals surface area contributed by atoms with Crippen LogP contribution in [-0.4, -0.2) is 18.3 Å². The number of benzene rings is 1. The predicted octanol–water partition coefficient (Wildman–Crippen LogP) is 3.42. The Hall–Kier alpha value is -0.280. The Bertz CT molecular complexity index is 331. The molecule has 1 aromatic rings. The molecular weight excluding hydrogens is 245 g/mol. The molecule has 1 rings (SSSR count). The van der Waals surface area contributed by atoms with Crippen molar-refractivity contribution in [2.45, 2.75) is 25.8 Å². The van der Waals surface area contributed by atoms with E-state index in [1.54, 1.807) is 6.07 Å². The van der Waals surface area contributed by atoms with E-state index in [1.807, 2.05) is 12.1 Å². The molecule has 90 valence electrons. The molecule has 0 heterocycles. The number of nitrogens with one attached hydrogen (secondary N) is 1. The zero-order valence-electron chi connectivity index (χ0n) is 9.34. The first-order valence-electron chi connectivity index (χ1n) is 5.44. The Balaban J connectivity index is 2.51. The first kappa shape index (κ1) is 13.8. The van der Waals surface area contributed by atoms with Crippen LogP contribution in [0.25, 0.3) is 0 Å². The molecule has 1 unspecified atom stereocenters. The molecule has 0 aliphatic rings. The SMILES string of the molecule is CC(NCCCCO)c1cc(Cl)ccc1Cl. The first-order valence-corrected chi connectivity index (χ1v) is 6.20. The molecule has 0 spiro atoms. The molecule has 0 aliphatic carbocycles. The van der Waals surface area contributed by atoms with Crippen molar-refractivity contribution in [2.24, 2.45) is 0 Å². The maximum absolute atomic E-state index is 8.66. The lowest BCUT2D eigenvalue weighted by molar-refractivity contribution is 0.283. The van der Waals surface area contributed by atoms with Crippen molar-refractivity contribution >= 4 is 23.2 Å². The van der Waals surface area contributed by atoms with E-state index in [0.29, 0.717) is 5.02 Å². The van der Waals surface area contributed by atoms with E-state index >= 15 is 0 Å². The third-order valence-corrected chi connectivity index (χ3v) is 3.04. The highest BCUT2D eigenvalue weighted by Gasteiger charge is 2.09. The smallest absolute Gasteiger partial charge is 0.0454 e. The van der Waals surface area contributed by atoms with Crippen LogP contribution in [0.5, 0.6) is 0 Å². The zero-order valence-corrected chi connectivity index (χ0v) is 10.9. The van der Waals surface area contributed by atoms with Crippen LogP contribution >= 0.6 is 23.2 Å². The highest BCUT2D eigenvalue weighted by Crippen LogP contribution is 2.25. The molecule has 2 nitrogen and oxygen atoms in total. The molecular formula is C12H17Cl2NO. The van der Waals surface area contributed by atoms with E-state index in [2.05, 4.69) is 12.2 Å². The number of halogens is 2. The quantitative estimate of drug-likeness (QED) is 0.770. The summed E-state index contributed by atoms with van der Waals surface area (Å²) in [5, 5.41) is 13.4. The van der Waals surface area contributed by atoms with Crippen LogP contribution in [-0.2, 0) is 0 Å². The highest BCUT2D eigenvalue weighted by molar-refractivity contribution is 6.33. The van der Waals surface area contributed by atoms with Crippen molar-refractivity contribution in [3.05, 3.63) is 33.8 Å². The lowest BCUT2D eigenvalue weighted by Crippen LogP contribution is -2.20. The van der Waals surface area contributed by atoms with E-state index in [-0.39, 0.29) is 12.6 Å². The maximum atomic E-state index is 8.66. The van der Waals surface area contributed by atoms with Gasteiger partial charge in [-0.15, -0.1) is 0 Å². The molecule has 0 saturated carbocycles. The summed E-state index contributed by atoms with van der Waals surface area (Å²) in [5.74, 6) is 0. The number of hydrogen-bond donors (Lipinski definition) is 2. The van der Waals surface area contributed by atoms with Crippen molar-refractivity contribution in [2.75, 3.05) is 13.2 Å². The average Bonchev–Trinajstić information content (AvgIpc) is 2.27. The molecule has 0 aromatic heterocycles. The fourth-order valence-corrected chi connectivity index (χ4v) is 1.97. The van der Waals surface area contributed by atoms with Crippen molar-refractivity contribution in [3.8, 4) is 0 Å². The number of unbranched alkanes of at least 4 members (excludes halogenated alkanes) is 1. The molecule has 0 aliphatic heterocycles. The van der Waals surface area contributed by atoms with Crippen LogP contribution in [0.1, 0.15) is 31.4 Å². The van der Waals surface area contributed by atoms with Crippen LogP contribution in [0.4, 0.5) is 0 Å². The first-order chi connectivity index (χ1) is 7.65. The zero-order chi connectivity index (χ0) is 12.0. The molecule has 0 radical (unpaired) electrons. The summed E-state index contributed by atoms with van der Waals surface area (Å²) in [4.78, 5) is 0. The van der Waals surface area contributed by atoms with Crippen molar-refractivity contribution in [1.29, 1.82) is 0 Å². The van der Waals surface area contributed by atoms with E-state index in [1.165, 1.54) is 0 Å². The molecule has 4 heteroatoms. The van der Waals surface area contributed by atoms with Gasteiger partial charge in [0, 0.05) is 22.7 Å². The van der Waals surface area contributed by atoms with Gasteiger partial charge >= 0.3 is 0 Å². The summed E-state index contributed by atoms with van der Waals surface area (Å²) in [5.41, 5.74) is 1.01. The number of hydrogen-bond acceptors (Lipinski definition) is 2. The molecule has 1 atom stereocenters.